The van der Waals surface area contributed by atoms with Gasteiger partial charge in [0.1, 0.15) is 5.82 Å². The van der Waals surface area contributed by atoms with Crippen LogP contribution in [-0.4, -0.2) is 17.0 Å². The first-order valence-corrected chi connectivity index (χ1v) is 8.47. The Labute approximate surface area is 142 Å². The van der Waals surface area contributed by atoms with Crippen molar-refractivity contribution in [3.63, 3.8) is 0 Å². The van der Waals surface area contributed by atoms with Crippen molar-refractivity contribution in [1.82, 2.24) is 5.32 Å². The van der Waals surface area contributed by atoms with Crippen LogP contribution in [0.1, 0.15) is 58.1 Å². The van der Waals surface area contributed by atoms with Gasteiger partial charge in [-0.15, -0.1) is 0 Å². The molecule has 1 atom stereocenters. The molecule has 1 unspecified atom stereocenters. The van der Waals surface area contributed by atoms with Gasteiger partial charge in [0.2, 0.25) is 5.91 Å². The number of halogens is 1. The second-order valence-electron chi connectivity index (χ2n) is 7.75. The first-order chi connectivity index (χ1) is 11.2. The van der Waals surface area contributed by atoms with E-state index in [1.54, 1.807) is 12.1 Å². The topological polar surface area (TPSA) is 66.4 Å². The van der Waals surface area contributed by atoms with Crippen LogP contribution in [0.2, 0.25) is 0 Å². The molecule has 1 saturated carbocycles. The van der Waals surface area contributed by atoms with E-state index in [0.717, 1.165) is 5.56 Å². The van der Waals surface area contributed by atoms with E-state index in [2.05, 4.69) is 5.32 Å². The number of benzene rings is 1. The highest BCUT2D eigenvalue weighted by Gasteiger charge is 2.33. The highest BCUT2D eigenvalue weighted by molar-refractivity contribution is 5.80. The molecule has 1 aromatic rings. The first-order valence-electron chi connectivity index (χ1n) is 8.47. The standard InChI is InChI=1S/C19H26FNO3/c1-19(2,3)16(12-8-10-15(20)11-9-12)21-17(22)13-4-6-14(7-5-13)18(23)24/h8-11,13-14,16H,4-7H2,1-3H3,(H,21,22)(H,23,24). The summed E-state index contributed by atoms with van der Waals surface area (Å²) in [5.41, 5.74) is 0.655. The van der Waals surface area contributed by atoms with Gasteiger partial charge in [-0.25, -0.2) is 4.39 Å². The molecule has 1 aliphatic rings. The van der Waals surface area contributed by atoms with E-state index >= 15 is 0 Å². The predicted octanol–water partition coefficient (Wildman–Crippen LogP) is 3.92. The van der Waals surface area contributed by atoms with E-state index in [9.17, 15) is 14.0 Å². The second-order valence-corrected chi connectivity index (χ2v) is 7.75. The van der Waals surface area contributed by atoms with E-state index < -0.39 is 5.97 Å². The summed E-state index contributed by atoms with van der Waals surface area (Å²) in [5.74, 6) is -1.59. The Morgan fingerprint density at radius 1 is 1.08 bits per heavy atom. The van der Waals surface area contributed by atoms with Crippen molar-refractivity contribution in [2.45, 2.75) is 52.5 Å². The Bertz CT molecular complexity index is 584. The van der Waals surface area contributed by atoms with Crippen LogP contribution < -0.4 is 5.32 Å². The second kappa shape index (κ2) is 7.32. The summed E-state index contributed by atoms with van der Waals surface area (Å²) in [6.07, 6.45) is 2.29. The highest BCUT2D eigenvalue weighted by Crippen LogP contribution is 2.35. The average Bonchev–Trinajstić information content (AvgIpc) is 2.52. The summed E-state index contributed by atoms with van der Waals surface area (Å²) in [6, 6.07) is 5.99. The van der Waals surface area contributed by atoms with Gasteiger partial charge in [0.15, 0.2) is 0 Å². The minimum absolute atomic E-state index is 0.0388. The summed E-state index contributed by atoms with van der Waals surface area (Å²) >= 11 is 0. The Kier molecular flexibility index (Phi) is 5.62. The summed E-state index contributed by atoms with van der Waals surface area (Å²) in [4.78, 5) is 23.7. The molecule has 0 heterocycles. The van der Waals surface area contributed by atoms with Crippen molar-refractivity contribution in [2.75, 3.05) is 0 Å². The molecular formula is C19H26FNO3. The van der Waals surface area contributed by atoms with Crippen LogP contribution in [0.25, 0.3) is 0 Å². The molecule has 2 N–H and O–H groups in total. The molecule has 0 saturated heterocycles. The molecule has 1 fully saturated rings. The van der Waals surface area contributed by atoms with Gasteiger partial charge < -0.3 is 10.4 Å². The fourth-order valence-electron chi connectivity index (χ4n) is 3.32. The van der Waals surface area contributed by atoms with Crippen LogP contribution in [0.5, 0.6) is 0 Å². The maximum absolute atomic E-state index is 13.2. The fourth-order valence-corrected chi connectivity index (χ4v) is 3.32. The van der Waals surface area contributed by atoms with Gasteiger partial charge in [0.25, 0.3) is 0 Å². The monoisotopic (exact) mass is 335 g/mol. The van der Waals surface area contributed by atoms with Crippen molar-refractivity contribution in [3.8, 4) is 0 Å². The molecule has 24 heavy (non-hydrogen) atoms. The minimum atomic E-state index is -0.771. The van der Waals surface area contributed by atoms with Crippen LogP contribution in [0.3, 0.4) is 0 Å². The first kappa shape index (κ1) is 18.4. The zero-order valence-electron chi connectivity index (χ0n) is 14.5. The van der Waals surface area contributed by atoms with Crippen molar-refractivity contribution in [2.24, 2.45) is 17.3 Å². The predicted molar refractivity (Wildman–Crippen MR) is 89.8 cm³/mol. The summed E-state index contributed by atoms with van der Waals surface area (Å²) in [6.45, 7) is 6.09. The summed E-state index contributed by atoms with van der Waals surface area (Å²) < 4.78 is 13.2. The Balaban J connectivity index is 2.06. The van der Waals surface area contributed by atoms with E-state index in [-0.39, 0.29) is 35.0 Å². The minimum Gasteiger partial charge on any atom is -0.481 e. The van der Waals surface area contributed by atoms with Crippen LogP contribution in [0.15, 0.2) is 24.3 Å². The lowest BCUT2D eigenvalue weighted by molar-refractivity contribution is -0.144. The van der Waals surface area contributed by atoms with E-state index in [1.807, 2.05) is 20.8 Å². The smallest absolute Gasteiger partial charge is 0.306 e. The van der Waals surface area contributed by atoms with Crippen LogP contribution in [0, 0.1) is 23.1 Å². The maximum atomic E-state index is 13.2. The third-order valence-electron chi connectivity index (χ3n) is 4.80. The van der Waals surface area contributed by atoms with E-state index in [1.165, 1.54) is 12.1 Å². The molecule has 0 aliphatic heterocycles. The van der Waals surface area contributed by atoms with Crippen molar-refractivity contribution in [1.29, 1.82) is 0 Å². The van der Waals surface area contributed by atoms with Gasteiger partial charge in [0.05, 0.1) is 12.0 Å². The van der Waals surface area contributed by atoms with Crippen molar-refractivity contribution in [3.05, 3.63) is 35.6 Å². The van der Waals surface area contributed by atoms with E-state index in [0.29, 0.717) is 25.7 Å². The van der Waals surface area contributed by atoms with Gasteiger partial charge in [-0.05, 0) is 48.8 Å². The molecule has 1 amide bonds. The average molecular weight is 335 g/mol. The van der Waals surface area contributed by atoms with Crippen molar-refractivity contribution < 1.29 is 19.1 Å². The number of rotatable bonds is 4. The van der Waals surface area contributed by atoms with E-state index in [4.69, 9.17) is 5.11 Å². The number of carbonyl (C=O) groups excluding carboxylic acids is 1. The maximum Gasteiger partial charge on any atom is 0.306 e. The molecule has 4 nitrogen and oxygen atoms in total. The molecule has 1 aliphatic carbocycles. The quantitative estimate of drug-likeness (QED) is 0.876. The van der Waals surface area contributed by atoms with Crippen LogP contribution in [0.4, 0.5) is 4.39 Å². The molecular weight excluding hydrogens is 309 g/mol. The van der Waals surface area contributed by atoms with Gasteiger partial charge in [-0.2, -0.15) is 0 Å². The largest absolute Gasteiger partial charge is 0.481 e. The van der Waals surface area contributed by atoms with Crippen LogP contribution in [-0.2, 0) is 9.59 Å². The highest BCUT2D eigenvalue weighted by atomic mass is 19.1. The molecule has 132 valence electrons. The molecule has 1 aromatic carbocycles. The Morgan fingerprint density at radius 3 is 2.04 bits per heavy atom. The van der Waals surface area contributed by atoms with Gasteiger partial charge in [-0.1, -0.05) is 32.9 Å². The SMILES string of the molecule is CC(C)(C)C(NC(=O)C1CCC(C(=O)O)CC1)c1ccc(F)cc1. The number of amides is 1. The zero-order valence-corrected chi connectivity index (χ0v) is 14.5. The molecule has 0 spiro atoms. The number of carboxylic acids is 1. The van der Waals surface area contributed by atoms with Gasteiger partial charge in [0, 0.05) is 5.92 Å². The summed E-state index contributed by atoms with van der Waals surface area (Å²) in [5, 5.41) is 12.2. The lowest BCUT2D eigenvalue weighted by atomic mass is 9.79. The molecule has 0 aromatic heterocycles. The van der Waals surface area contributed by atoms with Gasteiger partial charge in [-0.3, -0.25) is 9.59 Å². The number of carboxylic acid groups (broad SMARTS) is 1. The molecule has 2 rings (SSSR count). The third-order valence-corrected chi connectivity index (χ3v) is 4.80. The normalized spacial score (nSPS) is 22.7. The number of carbonyl (C=O) groups is 2. The van der Waals surface area contributed by atoms with Gasteiger partial charge >= 0.3 is 5.97 Å². The number of hydrogen-bond acceptors (Lipinski definition) is 2. The number of hydrogen-bond donors (Lipinski definition) is 2. The molecule has 5 heteroatoms. The van der Waals surface area contributed by atoms with Crippen LogP contribution >= 0.6 is 0 Å². The number of nitrogens with one attached hydrogen (secondary N) is 1. The Morgan fingerprint density at radius 2 is 1.58 bits per heavy atom. The van der Waals surface area contributed by atoms with Crippen molar-refractivity contribution >= 4 is 11.9 Å². The Hall–Kier alpha value is -1.91. The molecule has 0 radical (unpaired) electrons. The third kappa shape index (κ3) is 4.56. The fraction of sp³-hybridized carbons (Fsp3) is 0.579. The lowest BCUT2D eigenvalue weighted by Gasteiger charge is -2.34. The zero-order chi connectivity index (χ0) is 17.9. The number of aliphatic carboxylic acids is 1. The lowest BCUT2D eigenvalue weighted by Crippen LogP contribution is -2.41. The molecule has 0 bridgehead atoms. The summed E-state index contributed by atoms with van der Waals surface area (Å²) in [7, 11) is 0.